The van der Waals surface area contributed by atoms with Gasteiger partial charge in [-0.1, -0.05) is 0 Å². The molecule has 3 rings (SSSR count). The van der Waals surface area contributed by atoms with Crippen LogP contribution >= 0.6 is 0 Å². The third-order valence-electron chi connectivity index (χ3n) is 4.36. The van der Waals surface area contributed by atoms with Crippen LogP contribution in [0.2, 0.25) is 0 Å². The van der Waals surface area contributed by atoms with Crippen LogP contribution < -0.4 is 5.32 Å². The summed E-state index contributed by atoms with van der Waals surface area (Å²) >= 11 is 0. The highest BCUT2D eigenvalue weighted by atomic mass is 32.2. The van der Waals surface area contributed by atoms with E-state index in [1.165, 1.54) is 40.7 Å². The van der Waals surface area contributed by atoms with Crippen LogP contribution in [0.3, 0.4) is 0 Å². The number of anilines is 1. The SMILES string of the molecule is O=C(C=Cc1ccc([N+](=O)[O-])cc1)Nc1ccc(S(=O)(=O)N2CCCC2)cc1. The average molecular weight is 401 g/mol. The van der Waals surface area contributed by atoms with Crippen molar-refractivity contribution in [1.82, 2.24) is 4.31 Å². The average Bonchev–Trinajstić information content (AvgIpc) is 3.23. The van der Waals surface area contributed by atoms with Gasteiger partial charge in [0.1, 0.15) is 0 Å². The highest BCUT2D eigenvalue weighted by Crippen LogP contribution is 2.22. The zero-order valence-corrected chi connectivity index (χ0v) is 15.8. The molecule has 1 saturated heterocycles. The minimum atomic E-state index is -3.48. The van der Waals surface area contributed by atoms with Crippen LogP contribution in [0.4, 0.5) is 11.4 Å². The predicted octanol–water partition coefficient (Wildman–Crippen LogP) is 3.03. The van der Waals surface area contributed by atoms with Gasteiger partial charge in [0.25, 0.3) is 5.69 Å². The minimum Gasteiger partial charge on any atom is -0.323 e. The van der Waals surface area contributed by atoms with Gasteiger partial charge >= 0.3 is 0 Å². The number of amides is 1. The van der Waals surface area contributed by atoms with Crippen LogP contribution in [0, 0.1) is 10.1 Å². The summed E-state index contributed by atoms with van der Waals surface area (Å²) in [6, 6.07) is 11.8. The first-order valence-electron chi connectivity index (χ1n) is 8.70. The molecule has 0 aromatic heterocycles. The Bertz CT molecular complexity index is 993. The quantitative estimate of drug-likeness (QED) is 0.454. The molecule has 1 N–H and O–H groups in total. The van der Waals surface area contributed by atoms with Crippen LogP contribution in [0.15, 0.2) is 59.5 Å². The lowest BCUT2D eigenvalue weighted by atomic mass is 10.2. The summed E-state index contributed by atoms with van der Waals surface area (Å²) in [5, 5.41) is 13.3. The number of nitro groups is 1. The third kappa shape index (κ3) is 4.62. The Morgan fingerprint density at radius 3 is 2.21 bits per heavy atom. The van der Waals surface area contributed by atoms with Gasteiger partial charge in [-0.05, 0) is 60.9 Å². The summed E-state index contributed by atoms with van der Waals surface area (Å²) in [6.07, 6.45) is 4.57. The second-order valence-electron chi connectivity index (χ2n) is 6.31. The first kappa shape index (κ1) is 19.7. The van der Waals surface area contributed by atoms with Crippen molar-refractivity contribution in [3.8, 4) is 0 Å². The Labute approximate surface area is 162 Å². The first-order chi connectivity index (χ1) is 13.4. The first-order valence-corrected chi connectivity index (χ1v) is 10.1. The fourth-order valence-electron chi connectivity index (χ4n) is 2.85. The number of hydrogen-bond donors (Lipinski definition) is 1. The Morgan fingerprint density at radius 1 is 1.04 bits per heavy atom. The number of nitrogens with one attached hydrogen (secondary N) is 1. The van der Waals surface area contributed by atoms with Crippen molar-refractivity contribution in [3.05, 3.63) is 70.3 Å². The smallest absolute Gasteiger partial charge is 0.269 e. The van der Waals surface area contributed by atoms with Crippen LogP contribution in [-0.4, -0.2) is 36.6 Å². The number of hydrogen-bond acceptors (Lipinski definition) is 5. The van der Waals surface area contributed by atoms with E-state index in [-0.39, 0.29) is 10.6 Å². The molecule has 146 valence electrons. The van der Waals surface area contributed by atoms with Gasteiger partial charge in [-0.2, -0.15) is 4.31 Å². The summed E-state index contributed by atoms with van der Waals surface area (Å²) in [5.74, 6) is -0.395. The summed E-state index contributed by atoms with van der Waals surface area (Å²) in [4.78, 5) is 22.4. The lowest BCUT2D eigenvalue weighted by Crippen LogP contribution is -2.27. The van der Waals surface area contributed by atoms with Crippen LogP contribution in [0.1, 0.15) is 18.4 Å². The van der Waals surface area contributed by atoms with Crippen LogP contribution in [-0.2, 0) is 14.8 Å². The number of carbonyl (C=O) groups is 1. The molecule has 0 radical (unpaired) electrons. The van der Waals surface area contributed by atoms with Gasteiger partial charge in [-0.3, -0.25) is 14.9 Å². The largest absolute Gasteiger partial charge is 0.323 e. The van der Waals surface area contributed by atoms with Gasteiger partial charge in [-0.15, -0.1) is 0 Å². The van der Waals surface area contributed by atoms with Gasteiger partial charge < -0.3 is 5.32 Å². The van der Waals surface area contributed by atoms with E-state index < -0.39 is 20.9 Å². The molecule has 9 heteroatoms. The van der Waals surface area contributed by atoms with Crippen molar-refractivity contribution < 1.29 is 18.1 Å². The fraction of sp³-hybridized carbons (Fsp3) is 0.211. The highest BCUT2D eigenvalue weighted by molar-refractivity contribution is 7.89. The van der Waals surface area contributed by atoms with E-state index in [9.17, 15) is 23.3 Å². The van der Waals surface area contributed by atoms with Gasteiger partial charge in [0.2, 0.25) is 15.9 Å². The van der Waals surface area contributed by atoms with E-state index in [1.54, 1.807) is 24.3 Å². The summed E-state index contributed by atoms with van der Waals surface area (Å²) in [6.45, 7) is 1.07. The zero-order chi connectivity index (χ0) is 20.1. The number of nitrogens with zero attached hydrogens (tertiary/aromatic N) is 2. The number of benzene rings is 2. The minimum absolute atomic E-state index is 0.0226. The molecule has 0 aliphatic carbocycles. The Hall–Kier alpha value is -3.04. The molecule has 0 saturated carbocycles. The van der Waals surface area contributed by atoms with Crippen LogP contribution in [0.5, 0.6) is 0 Å². The molecule has 8 nitrogen and oxygen atoms in total. The molecule has 0 atom stereocenters. The van der Waals surface area contributed by atoms with E-state index >= 15 is 0 Å². The molecular formula is C19H19N3O5S. The molecule has 2 aromatic carbocycles. The molecule has 1 aliphatic rings. The van der Waals surface area contributed by atoms with E-state index in [0.717, 1.165) is 12.8 Å². The van der Waals surface area contributed by atoms with Gasteiger partial charge in [0.15, 0.2) is 0 Å². The maximum atomic E-state index is 12.5. The van der Waals surface area contributed by atoms with Gasteiger partial charge in [0, 0.05) is 37.0 Å². The van der Waals surface area contributed by atoms with Crippen molar-refractivity contribution in [2.45, 2.75) is 17.7 Å². The summed E-state index contributed by atoms with van der Waals surface area (Å²) < 4.78 is 26.4. The summed E-state index contributed by atoms with van der Waals surface area (Å²) in [5.41, 5.74) is 1.09. The monoisotopic (exact) mass is 401 g/mol. The van der Waals surface area contributed by atoms with Crippen molar-refractivity contribution in [2.75, 3.05) is 18.4 Å². The highest BCUT2D eigenvalue weighted by Gasteiger charge is 2.26. The molecule has 1 aliphatic heterocycles. The Morgan fingerprint density at radius 2 is 1.64 bits per heavy atom. The molecule has 0 spiro atoms. The lowest BCUT2D eigenvalue weighted by molar-refractivity contribution is -0.384. The molecule has 28 heavy (non-hydrogen) atoms. The van der Waals surface area contributed by atoms with Crippen molar-refractivity contribution >= 4 is 33.4 Å². The fourth-order valence-corrected chi connectivity index (χ4v) is 4.37. The maximum absolute atomic E-state index is 12.5. The van der Waals surface area contributed by atoms with E-state index in [0.29, 0.717) is 24.3 Å². The van der Waals surface area contributed by atoms with Gasteiger partial charge in [-0.25, -0.2) is 8.42 Å². The van der Waals surface area contributed by atoms with Crippen molar-refractivity contribution in [3.63, 3.8) is 0 Å². The Kier molecular flexibility index (Phi) is 5.86. The van der Waals surface area contributed by atoms with Gasteiger partial charge in [0.05, 0.1) is 9.82 Å². The lowest BCUT2D eigenvalue weighted by Gasteiger charge is -2.15. The molecule has 2 aromatic rings. The number of nitro benzene ring substituents is 1. The molecule has 1 heterocycles. The second-order valence-corrected chi connectivity index (χ2v) is 8.24. The number of rotatable bonds is 6. The molecule has 1 amide bonds. The summed E-state index contributed by atoms with van der Waals surface area (Å²) in [7, 11) is -3.48. The zero-order valence-electron chi connectivity index (χ0n) is 14.9. The normalized spacial score (nSPS) is 15.0. The molecular weight excluding hydrogens is 382 g/mol. The maximum Gasteiger partial charge on any atom is 0.269 e. The van der Waals surface area contributed by atoms with Crippen LogP contribution in [0.25, 0.3) is 6.08 Å². The number of carbonyl (C=O) groups excluding carboxylic acids is 1. The third-order valence-corrected chi connectivity index (χ3v) is 6.27. The van der Waals surface area contributed by atoms with E-state index in [1.807, 2.05) is 0 Å². The van der Waals surface area contributed by atoms with Crippen molar-refractivity contribution in [1.29, 1.82) is 0 Å². The second kappa shape index (κ2) is 8.32. The van der Waals surface area contributed by atoms with E-state index in [4.69, 9.17) is 0 Å². The van der Waals surface area contributed by atoms with E-state index in [2.05, 4.69) is 5.32 Å². The number of non-ortho nitro benzene ring substituents is 1. The predicted molar refractivity (Wildman–Crippen MR) is 105 cm³/mol. The molecule has 1 fully saturated rings. The topological polar surface area (TPSA) is 110 Å². The van der Waals surface area contributed by atoms with Crippen molar-refractivity contribution in [2.24, 2.45) is 0 Å². The molecule has 0 unspecified atom stereocenters. The Balaban J connectivity index is 1.62. The molecule has 0 bridgehead atoms. The standard InChI is InChI=1S/C19H19N3O5S/c23-19(12-5-15-3-8-17(9-4-15)22(24)25)20-16-6-10-18(11-7-16)28(26,27)21-13-1-2-14-21/h3-12H,1-2,13-14H2,(H,20,23). The number of sulfonamides is 1.